The first-order valence-corrected chi connectivity index (χ1v) is 9.19. The third kappa shape index (κ3) is 3.59. The van der Waals surface area contributed by atoms with Gasteiger partial charge in [0.25, 0.3) is 0 Å². The molecule has 0 aromatic rings. The smallest absolute Gasteiger partial charge is 0.211 e. The van der Waals surface area contributed by atoms with Crippen molar-refractivity contribution in [2.24, 2.45) is 0 Å². The van der Waals surface area contributed by atoms with Crippen LogP contribution in [0.25, 0.3) is 0 Å². The molecule has 2 rings (SSSR count). The van der Waals surface area contributed by atoms with Crippen molar-refractivity contribution in [3.05, 3.63) is 0 Å². The van der Waals surface area contributed by atoms with Gasteiger partial charge in [-0.2, -0.15) is 11.8 Å². The monoisotopic (exact) mass is 278 g/mol. The maximum Gasteiger partial charge on any atom is 0.211 e. The summed E-state index contributed by atoms with van der Waals surface area (Å²) in [5.74, 6) is 1.25. The van der Waals surface area contributed by atoms with E-state index >= 15 is 0 Å². The minimum absolute atomic E-state index is 0.499. The van der Waals surface area contributed by atoms with Crippen LogP contribution in [0.3, 0.4) is 0 Å². The van der Waals surface area contributed by atoms with Crippen LogP contribution in [0.4, 0.5) is 0 Å². The number of hydrogen-bond acceptors (Lipinski definition) is 4. The number of nitrogens with zero attached hydrogens (tertiary/aromatic N) is 1. The van der Waals surface area contributed by atoms with E-state index in [4.69, 9.17) is 0 Å². The predicted octanol–water partition coefficient (Wildman–Crippen LogP) is 0.894. The summed E-state index contributed by atoms with van der Waals surface area (Å²) in [5, 5.41) is 4.39. The lowest BCUT2D eigenvalue weighted by molar-refractivity contribution is 0.273. The van der Waals surface area contributed by atoms with Gasteiger partial charge < -0.3 is 5.32 Å². The van der Waals surface area contributed by atoms with Gasteiger partial charge in [-0.25, -0.2) is 12.7 Å². The Morgan fingerprint density at radius 2 is 1.88 bits per heavy atom. The standard InChI is InChI=1S/C11H22N2O2S2/c1-9-11(5-8-16-9)12-10-3-6-13(7-4-10)17(2,14)15/h9-12H,3-8H2,1-2H3. The number of thioether (sulfide) groups is 1. The summed E-state index contributed by atoms with van der Waals surface area (Å²) in [4.78, 5) is 0. The van der Waals surface area contributed by atoms with Crippen LogP contribution in [0.2, 0.25) is 0 Å². The number of piperidine rings is 1. The van der Waals surface area contributed by atoms with Crippen LogP contribution in [0.1, 0.15) is 26.2 Å². The molecule has 0 aromatic heterocycles. The second-order valence-corrected chi connectivity index (χ2v) is 8.54. The Hall–Kier alpha value is 0.220. The molecule has 2 heterocycles. The molecule has 2 aliphatic rings. The lowest BCUT2D eigenvalue weighted by Crippen LogP contribution is -2.48. The van der Waals surface area contributed by atoms with Gasteiger partial charge in [0.05, 0.1) is 6.26 Å². The first kappa shape index (κ1) is 13.6. The average molecular weight is 278 g/mol. The van der Waals surface area contributed by atoms with Crippen LogP contribution < -0.4 is 5.32 Å². The van der Waals surface area contributed by atoms with E-state index in [1.54, 1.807) is 4.31 Å². The van der Waals surface area contributed by atoms with Gasteiger partial charge in [0, 0.05) is 30.4 Å². The zero-order valence-electron chi connectivity index (χ0n) is 10.6. The summed E-state index contributed by atoms with van der Waals surface area (Å²) >= 11 is 2.03. The number of hydrogen-bond donors (Lipinski definition) is 1. The molecular weight excluding hydrogens is 256 g/mol. The lowest BCUT2D eigenvalue weighted by Gasteiger charge is -2.33. The molecule has 6 heteroatoms. The van der Waals surface area contributed by atoms with E-state index in [1.165, 1.54) is 18.4 Å². The maximum atomic E-state index is 11.4. The van der Waals surface area contributed by atoms with Gasteiger partial charge in [-0.1, -0.05) is 6.92 Å². The Kier molecular flexibility index (Phi) is 4.39. The second kappa shape index (κ2) is 5.47. The average Bonchev–Trinajstić information content (AvgIpc) is 2.64. The summed E-state index contributed by atoms with van der Waals surface area (Å²) in [6, 6.07) is 1.12. The Balaban J connectivity index is 1.79. The minimum Gasteiger partial charge on any atom is -0.310 e. The molecule has 0 aliphatic carbocycles. The fourth-order valence-electron chi connectivity index (χ4n) is 2.61. The van der Waals surface area contributed by atoms with Crippen molar-refractivity contribution in [2.75, 3.05) is 25.1 Å². The molecule has 17 heavy (non-hydrogen) atoms. The molecule has 0 spiro atoms. The lowest BCUT2D eigenvalue weighted by atomic mass is 10.0. The van der Waals surface area contributed by atoms with Crippen LogP contribution in [-0.4, -0.2) is 55.2 Å². The number of nitrogens with one attached hydrogen (secondary N) is 1. The molecule has 0 bridgehead atoms. The van der Waals surface area contributed by atoms with Crippen LogP contribution in [-0.2, 0) is 10.0 Å². The Labute approximate surface area is 109 Å². The molecule has 4 nitrogen and oxygen atoms in total. The summed E-state index contributed by atoms with van der Waals surface area (Å²) in [6.07, 6.45) is 4.44. The second-order valence-electron chi connectivity index (χ2n) is 5.07. The third-order valence-electron chi connectivity index (χ3n) is 3.75. The highest BCUT2D eigenvalue weighted by molar-refractivity contribution is 8.00. The first-order valence-electron chi connectivity index (χ1n) is 6.29. The summed E-state index contributed by atoms with van der Waals surface area (Å²) in [6.45, 7) is 3.62. The molecule has 2 fully saturated rings. The Morgan fingerprint density at radius 1 is 1.24 bits per heavy atom. The number of sulfonamides is 1. The predicted molar refractivity (Wildman–Crippen MR) is 72.9 cm³/mol. The SMILES string of the molecule is CC1SCCC1NC1CCN(S(C)(=O)=O)CC1. The van der Waals surface area contributed by atoms with E-state index in [0.717, 1.165) is 12.8 Å². The van der Waals surface area contributed by atoms with Gasteiger partial charge >= 0.3 is 0 Å². The van der Waals surface area contributed by atoms with Crippen molar-refractivity contribution in [1.29, 1.82) is 0 Å². The largest absolute Gasteiger partial charge is 0.310 e. The highest BCUT2D eigenvalue weighted by Gasteiger charge is 2.29. The topological polar surface area (TPSA) is 49.4 Å². The molecule has 2 atom stereocenters. The molecule has 100 valence electrons. The fraction of sp³-hybridized carbons (Fsp3) is 1.00. The normalized spacial score (nSPS) is 33.1. The van der Waals surface area contributed by atoms with Crippen molar-refractivity contribution >= 4 is 21.8 Å². The van der Waals surface area contributed by atoms with Crippen LogP contribution in [0, 0.1) is 0 Å². The van der Waals surface area contributed by atoms with Crippen LogP contribution in [0.5, 0.6) is 0 Å². The van der Waals surface area contributed by atoms with Crippen LogP contribution in [0.15, 0.2) is 0 Å². The Morgan fingerprint density at radius 3 is 2.35 bits per heavy atom. The fourth-order valence-corrected chi connectivity index (χ4v) is 4.69. The zero-order chi connectivity index (χ0) is 12.5. The summed E-state index contributed by atoms with van der Waals surface area (Å²) in [5.41, 5.74) is 0. The molecule has 2 unspecified atom stereocenters. The Bertz CT molecular complexity index is 350. The van der Waals surface area contributed by atoms with Crippen molar-refractivity contribution in [1.82, 2.24) is 9.62 Å². The van der Waals surface area contributed by atoms with Crippen LogP contribution >= 0.6 is 11.8 Å². The van der Waals surface area contributed by atoms with Gasteiger partial charge in [0.1, 0.15) is 0 Å². The molecule has 0 saturated carbocycles. The minimum atomic E-state index is -2.99. The van der Waals surface area contributed by atoms with E-state index in [0.29, 0.717) is 30.4 Å². The maximum absolute atomic E-state index is 11.4. The van der Waals surface area contributed by atoms with Gasteiger partial charge in [-0.3, -0.25) is 0 Å². The van der Waals surface area contributed by atoms with Gasteiger partial charge in [-0.05, 0) is 25.0 Å². The van der Waals surface area contributed by atoms with Crippen molar-refractivity contribution < 1.29 is 8.42 Å². The van der Waals surface area contributed by atoms with E-state index < -0.39 is 10.0 Å². The summed E-state index contributed by atoms with van der Waals surface area (Å²) in [7, 11) is -2.99. The molecule has 0 amide bonds. The van der Waals surface area contributed by atoms with Gasteiger partial charge in [0.2, 0.25) is 10.0 Å². The molecular formula is C11H22N2O2S2. The van der Waals surface area contributed by atoms with Gasteiger partial charge in [0.15, 0.2) is 0 Å². The molecule has 2 saturated heterocycles. The van der Waals surface area contributed by atoms with Gasteiger partial charge in [-0.15, -0.1) is 0 Å². The van der Waals surface area contributed by atoms with E-state index in [-0.39, 0.29) is 0 Å². The first-order chi connectivity index (χ1) is 7.97. The van der Waals surface area contributed by atoms with Crippen molar-refractivity contribution in [2.45, 2.75) is 43.5 Å². The van der Waals surface area contributed by atoms with Crippen molar-refractivity contribution in [3.8, 4) is 0 Å². The molecule has 0 aromatic carbocycles. The highest BCUT2D eigenvalue weighted by Crippen LogP contribution is 2.27. The van der Waals surface area contributed by atoms with Crippen molar-refractivity contribution in [3.63, 3.8) is 0 Å². The quantitative estimate of drug-likeness (QED) is 0.833. The number of rotatable bonds is 3. The van der Waals surface area contributed by atoms with E-state index in [9.17, 15) is 8.42 Å². The zero-order valence-corrected chi connectivity index (χ0v) is 12.2. The molecule has 1 N–H and O–H groups in total. The highest BCUT2D eigenvalue weighted by atomic mass is 32.2. The molecule has 2 aliphatic heterocycles. The summed E-state index contributed by atoms with van der Waals surface area (Å²) < 4.78 is 24.4. The van der Waals surface area contributed by atoms with E-state index in [1.807, 2.05) is 11.8 Å². The molecule has 0 radical (unpaired) electrons. The van der Waals surface area contributed by atoms with E-state index in [2.05, 4.69) is 12.2 Å². The third-order valence-corrected chi connectivity index (χ3v) is 6.38.